The lowest BCUT2D eigenvalue weighted by atomic mass is 9.95. The van der Waals surface area contributed by atoms with Crippen molar-refractivity contribution in [1.29, 1.82) is 0 Å². The van der Waals surface area contributed by atoms with Crippen LogP contribution in [0.5, 0.6) is 0 Å². The molecule has 7 heteroatoms. The highest BCUT2D eigenvalue weighted by Crippen LogP contribution is 2.30. The van der Waals surface area contributed by atoms with E-state index in [-0.39, 0.29) is 24.3 Å². The van der Waals surface area contributed by atoms with Crippen LogP contribution in [0.2, 0.25) is 10.0 Å². The topological polar surface area (TPSA) is 61.2 Å². The standard InChI is InChI=1S/C35H26Cl2N2O3/c36-31-14-13-27(21-32(31)37)30(15-18-42-35(41)29-12-10-24-6-2-4-8-26(24)20-29)22-39-17-16-38-34(39)33(40)28-11-9-23-5-1-3-7-25(23)19-28/h1-14,16-17,19-21,30H,15,18,22H2. The zero-order chi connectivity index (χ0) is 29.1. The van der Waals surface area contributed by atoms with E-state index in [1.165, 1.54) is 0 Å². The van der Waals surface area contributed by atoms with Crippen molar-refractivity contribution < 1.29 is 14.3 Å². The Balaban J connectivity index is 1.21. The number of carbonyl (C=O) groups is 2. The summed E-state index contributed by atoms with van der Waals surface area (Å²) in [6.45, 7) is 0.610. The van der Waals surface area contributed by atoms with E-state index >= 15 is 0 Å². The summed E-state index contributed by atoms with van der Waals surface area (Å²) >= 11 is 12.6. The van der Waals surface area contributed by atoms with Crippen molar-refractivity contribution in [3.63, 3.8) is 0 Å². The number of nitrogens with zero attached hydrogens (tertiary/aromatic N) is 2. The summed E-state index contributed by atoms with van der Waals surface area (Å²) in [6, 6.07) is 32.5. The number of halogens is 2. The Kier molecular flexibility index (Phi) is 8.04. The second-order valence-corrected chi connectivity index (χ2v) is 11.0. The summed E-state index contributed by atoms with van der Waals surface area (Å²) in [5, 5.41) is 4.98. The van der Waals surface area contributed by atoms with E-state index in [9.17, 15) is 9.59 Å². The monoisotopic (exact) mass is 592 g/mol. The lowest BCUT2D eigenvalue weighted by molar-refractivity contribution is 0.0491. The van der Waals surface area contributed by atoms with Gasteiger partial charge in [-0.05, 0) is 63.9 Å². The third kappa shape index (κ3) is 5.94. The second kappa shape index (κ2) is 12.2. The Labute approximate surface area is 253 Å². The van der Waals surface area contributed by atoms with Gasteiger partial charge in [0.25, 0.3) is 0 Å². The van der Waals surface area contributed by atoms with Crippen LogP contribution in [0.1, 0.15) is 44.4 Å². The minimum atomic E-state index is -0.386. The number of benzene rings is 5. The highest BCUT2D eigenvalue weighted by Gasteiger charge is 2.21. The van der Waals surface area contributed by atoms with Crippen molar-refractivity contribution in [2.45, 2.75) is 18.9 Å². The largest absolute Gasteiger partial charge is 0.462 e. The summed E-state index contributed by atoms with van der Waals surface area (Å²) in [7, 11) is 0. The number of imidazole rings is 1. The second-order valence-electron chi connectivity index (χ2n) is 10.2. The molecule has 1 atom stereocenters. The number of hydrogen-bond acceptors (Lipinski definition) is 4. The molecule has 5 aromatic carbocycles. The van der Waals surface area contributed by atoms with Gasteiger partial charge >= 0.3 is 5.97 Å². The SMILES string of the molecule is O=C(OCCC(Cn1ccnc1C(=O)c1ccc2ccccc2c1)c1ccc(Cl)c(Cl)c1)c1ccc2ccccc2c1. The maximum Gasteiger partial charge on any atom is 0.338 e. The van der Waals surface area contributed by atoms with Crippen LogP contribution < -0.4 is 0 Å². The quantitative estimate of drug-likeness (QED) is 0.124. The molecule has 208 valence electrons. The average molecular weight is 594 g/mol. The average Bonchev–Trinajstić information content (AvgIpc) is 3.49. The molecule has 0 amide bonds. The summed E-state index contributed by atoms with van der Waals surface area (Å²) in [5.74, 6) is -0.352. The predicted molar refractivity (Wildman–Crippen MR) is 168 cm³/mol. The summed E-state index contributed by atoms with van der Waals surface area (Å²) in [4.78, 5) is 30.9. The van der Waals surface area contributed by atoms with Gasteiger partial charge in [-0.3, -0.25) is 4.79 Å². The molecule has 0 saturated heterocycles. The molecule has 6 aromatic rings. The molecule has 1 aromatic heterocycles. The van der Waals surface area contributed by atoms with E-state index in [0.29, 0.717) is 40.0 Å². The molecule has 1 unspecified atom stereocenters. The van der Waals surface area contributed by atoms with Gasteiger partial charge in [0.05, 0.1) is 22.2 Å². The number of ketones is 1. The smallest absolute Gasteiger partial charge is 0.338 e. The van der Waals surface area contributed by atoms with Crippen molar-refractivity contribution in [3.05, 3.63) is 148 Å². The maximum absolute atomic E-state index is 13.6. The molecule has 0 bridgehead atoms. The number of aromatic nitrogens is 2. The Hall–Kier alpha value is -4.45. The first-order valence-corrected chi connectivity index (χ1v) is 14.4. The normalized spacial score (nSPS) is 12.0. The van der Waals surface area contributed by atoms with Gasteiger partial charge in [0.2, 0.25) is 5.78 Å². The molecule has 0 N–H and O–H groups in total. The van der Waals surface area contributed by atoms with Gasteiger partial charge < -0.3 is 9.30 Å². The fourth-order valence-electron chi connectivity index (χ4n) is 5.19. The molecular weight excluding hydrogens is 567 g/mol. The lowest BCUT2D eigenvalue weighted by Gasteiger charge is -2.20. The fourth-order valence-corrected chi connectivity index (χ4v) is 5.49. The zero-order valence-electron chi connectivity index (χ0n) is 22.5. The van der Waals surface area contributed by atoms with E-state index < -0.39 is 0 Å². The van der Waals surface area contributed by atoms with Gasteiger partial charge in [0.1, 0.15) is 0 Å². The Bertz CT molecular complexity index is 1930. The number of fused-ring (bicyclic) bond motifs is 2. The van der Waals surface area contributed by atoms with Gasteiger partial charge in [-0.25, -0.2) is 9.78 Å². The predicted octanol–water partition coefficient (Wildman–Crippen LogP) is 8.76. The number of ether oxygens (including phenoxy) is 1. The van der Waals surface area contributed by atoms with Crippen molar-refractivity contribution >= 4 is 56.5 Å². The molecular formula is C35H26Cl2N2O3. The zero-order valence-corrected chi connectivity index (χ0v) is 24.1. The van der Waals surface area contributed by atoms with E-state index in [1.54, 1.807) is 24.5 Å². The Morgan fingerprint density at radius 2 is 1.38 bits per heavy atom. The van der Waals surface area contributed by atoms with Crippen molar-refractivity contribution in [2.24, 2.45) is 0 Å². The molecule has 0 saturated carbocycles. The maximum atomic E-state index is 13.6. The molecule has 0 aliphatic heterocycles. The third-order valence-electron chi connectivity index (χ3n) is 7.45. The molecule has 42 heavy (non-hydrogen) atoms. The molecule has 0 radical (unpaired) electrons. The first kappa shape index (κ1) is 27.7. The lowest BCUT2D eigenvalue weighted by Crippen LogP contribution is -2.18. The summed E-state index contributed by atoms with van der Waals surface area (Å²) in [6.07, 6.45) is 3.92. The molecule has 0 aliphatic carbocycles. The number of esters is 1. The van der Waals surface area contributed by atoms with Crippen LogP contribution >= 0.6 is 23.2 Å². The van der Waals surface area contributed by atoms with E-state index in [4.69, 9.17) is 27.9 Å². The fraction of sp³-hybridized carbons (Fsp3) is 0.114. The van der Waals surface area contributed by atoms with Crippen LogP contribution in [-0.4, -0.2) is 27.9 Å². The summed E-state index contributed by atoms with van der Waals surface area (Å²) in [5.41, 5.74) is 1.98. The molecule has 1 heterocycles. The van der Waals surface area contributed by atoms with Crippen LogP contribution in [0.15, 0.2) is 116 Å². The summed E-state index contributed by atoms with van der Waals surface area (Å²) < 4.78 is 7.54. The van der Waals surface area contributed by atoms with Crippen molar-refractivity contribution in [2.75, 3.05) is 6.61 Å². The van der Waals surface area contributed by atoms with Crippen LogP contribution in [0, 0.1) is 0 Å². The van der Waals surface area contributed by atoms with Gasteiger partial charge in [-0.1, -0.05) is 96.0 Å². The van der Waals surface area contributed by atoms with Crippen LogP contribution in [0.4, 0.5) is 0 Å². The minimum Gasteiger partial charge on any atom is -0.462 e. The number of rotatable bonds is 9. The molecule has 5 nitrogen and oxygen atoms in total. The van der Waals surface area contributed by atoms with Gasteiger partial charge in [0, 0.05) is 30.4 Å². The van der Waals surface area contributed by atoms with Crippen LogP contribution in [0.3, 0.4) is 0 Å². The van der Waals surface area contributed by atoms with E-state index in [2.05, 4.69) is 4.98 Å². The number of hydrogen-bond donors (Lipinski definition) is 0. The number of carbonyl (C=O) groups excluding carboxylic acids is 2. The van der Waals surface area contributed by atoms with Crippen molar-refractivity contribution in [3.8, 4) is 0 Å². The van der Waals surface area contributed by atoms with Gasteiger partial charge in [0.15, 0.2) is 5.82 Å². The Morgan fingerprint density at radius 1 is 0.738 bits per heavy atom. The van der Waals surface area contributed by atoms with E-state index in [0.717, 1.165) is 27.1 Å². The van der Waals surface area contributed by atoms with Gasteiger partial charge in [-0.15, -0.1) is 0 Å². The van der Waals surface area contributed by atoms with Crippen molar-refractivity contribution in [1.82, 2.24) is 9.55 Å². The highest BCUT2D eigenvalue weighted by atomic mass is 35.5. The molecule has 0 spiro atoms. The van der Waals surface area contributed by atoms with Crippen LogP contribution in [0.25, 0.3) is 21.5 Å². The first-order valence-electron chi connectivity index (χ1n) is 13.6. The highest BCUT2D eigenvalue weighted by molar-refractivity contribution is 6.42. The van der Waals surface area contributed by atoms with E-state index in [1.807, 2.05) is 95.6 Å². The molecule has 6 rings (SSSR count). The van der Waals surface area contributed by atoms with Gasteiger partial charge in [-0.2, -0.15) is 0 Å². The molecule has 0 aliphatic rings. The minimum absolute atomic E-state index is 0.137. The Morgan fingerprint density at radius 3 is 2.07 bits per heavy atom. The first-order chi connectivity index (χ1) is 20.5. The third-order valence-corrected chi connectivity index (χ3v) is 8.19. The molecule has 0 fully saturated rings. The van der Waals surface area contributed by atoms with Crippen LogP contribution in [-0.2, 0) is 11.3 Å².